The van der Waals surface area contributed by atoms with Crippen LogP contribution in [0.1, 0.15) is 36.4 Å². The van der Waals surface area contributed by atoms with Crippen molar-refractivity contribution < 1.29 is 9.31 Å². The highest BCUT2D eigenvalue weighted by molar-refractivity contribution is 5.35. The largest absolute Gasteiger partial charge is 0.272 e. The molecule has 1 aromatic carbocycles. The molecule has 0 radical (unpaired) electrons. The van der Waals surface area contributed by atoms with Gasteiger partial charge in [-0.3, -0.25) is 14.8 Å². The van der Waals surface area contributed by atoms with Crippen molar-refractivity contribution in [1.82, 2.24) is 9.78 Å². The standard InChI is InChI=1S/C16H20FN3O2/c1-10(2)7-15-11(3)18-19(12(15)4)9-13-5-6-14(20(21)22)8-16(13)17/h5-6,8,10H,7,9H2,1-4H3. The predicted molar refractivity (Wildman–Crippen MR) is 82.4 cm³/mol. The Kier molecular flexibility index (Phi) is 4.59. The van der Waals surface area contributed by atoms with Crippen molar-refractivity contribution in [2.24, 2.45) is 5.92 Å². The number of hydrogen-bond acceptors (Lipinski definition) is 3. The number of non-ortho nitro benzene ring substituents is 1. The van der Waals surface area contributed by atoms with Crippen LogP contribution < -0.4 is 0 Å². The number of hydrogen-bond donors (Lipinski definition) is 0. The molecular formula is C16H20FN3O2. The first kappa shape index (κ1) is 16.1. The summed E-state index contributed by atoms with van der Waals surface area (Å²) in [5.74, 6) is -0.0571. The first-order valence-electron chi connectivity index (χ1n) is 7.25. The summed E-state index contributed by atoms with van der Waals surface area (Å²) >= 11 is 0. The lowest BCUT2D eigenvalue weighted by Gasteiger charge is -2.08. The Balaban J connectivity index is 2.30. The zero-order valence-electron chi connectivity index (χ0n) is 13.3. The van der Waals surface area contributed by atoms with Gasteiger partial charge < -0.3 is 0 Å². The van der Waals surface area contributed by atoms with Crippen molar-refractivity contribution in [3.63, 3.8) is 0 Å². The molecular weight excluding hydrogens is 285 g/mol. The quantitative estimate of drug-likeness (QED) is 0.623. The van der Waals surface area contributed by atoms with E-state index in [0.29, 0.717) is 11.5 Å². The highest BCUT2D eigenvalue weighted by Crippen LogP contribution is 2.21. The molecule has 0 atom stereocenters. The second-order valence-corrected chi connectivity index (χ2v) is 5.94. The molecule has 0 spiro atoms. The van der Waals surface area contributed by atoms with Crippen LogP contribution in [-0.2, 0) is 13.0 Å². The summed E-state index contributed by atoms with van der Waals surface area (Å²) in [7, 11) is 0. The molecule has 0 saturated carbocycles. The van der Waals surface area contributed by atoms with E-state index in [4.69, 9.17) is 0 Å². The average Bonchev–Trinajstić information content (AvgIpc) is 2.68. The highest BCUT2D eigenvalue weighted by Gasteiger charge is 2.15. The fourth-order valence-electron chi connectivity index (χ4n) is 2.53. The molecule has 1 aromatic heterocycles. The molecule has 0 saturated heterocycles. The van der Waals surface area contributed by atoms with Gasteiger partial charge in [0.15, 0.2) is 0 Å². The van der Waals surface area contributed by atoms with Crippen LogP contribution in [0.15, 0.2) is 18.2 Å². The summed E-state index contributed by atoms with van der Waals surface area (Å²) in [6, 6.07) is 3.72. The van der Waals surface area contributed by atoms with Crippen molar-refractivity contribution in [1.29, 1.82) is 0 Å². The van der Waals surface area contributed by atoms with E-state index in [1.54, 1.807) is 4.68 Å². The van der Waals surface area contributed by atoms with E-state index < -0.39 is 10.7 Å². The van der Waals surface area contributed by atoms with Crippen LogP contribution in [-0.4, -0.2) is 14.7 Å². The van der Waals surface area contributed by atoms with Crippen LogP contribution in [0.3, 0.4) is 0 Å². The number of aryl methyl sites for hydroxylation is 1. The Morgan fingerprint density at radius 2 is 2.05 bits per heavy atom. The second kappa shape index (κ2) is 6.25. The SMILES string of the molecule is Cc1nn(Cc2ccc([N+](=O)[O-])cc2F)c(C)c1CC(C)C. The number of nitrogens with zero attached hydrogens (tertiary/aromatic N) is 3. The summed E-state index contributed by atoms with van der Waals surface area (Å²) in [6.07, 6.45) is 0.931. The Morgan fingerprint density at radius 3 is 2.59 bits per heavy atom. The van der Waals surface area contributed by atoms with E-state index in [2.05, 4.69) is 18.9 Å². The molecule has 118 valence electrons. The van der Waals surface area contributed by atoms with Crippen LogP contribution in [0.25, 0.3) is 0 Å². The van der Waals surface area contributed by atoms with Crippen molar-refractivity contribution in [3.05, 3.63) is 56.6 Å². The Labute approximate surface area is 128 Å². The van der Waals surface area contributed by atoms with Crippen LogP contribution in [0.2, 0.25) is 0 Å². The molecule has 0 bridgehead atoms. The molecule has 0 aliphatic carbocycles. The predicted octanol–water partition coefficient (Wildman–Crippen LogP) is 3.79. The molecule has 0 fully saturated rings. The molecule has 0 aliphatic rings. The highest BCUT2D eigenvalue weighted by atomic mass is 19.1. The minimum atomic E-state index is -0.600. The van der Waals surface area contributed by atoms with Gasteiger partial charge in [0.05, 0.1) is 23.2 Å². The van der Waals surface area contributed by atoms with Crippen molar-refractivity contribution in [2.75, 3.05) is 0 Å². The van der Waals surface area contributed by atoms with Crippen molar-refractivity contribution in [3.8, 4) is 0 Å². The molecule has 0 N–H and O–H groups in total. The minimum Gasteiger partial charge on any atom is -0.265 e. The smallest absolute Gasteiger partial charge is 0.265 e. The normalized spacial score (nSPS) is 11.2. The van der Waals surface area contributed by atoms with Gasteiger partial charge in [-0.15, -0.1) is 0 Å². The lowest BCUT2D eigenvalue weighted by atomic mass is 10.0. The first-order chi connectivity index (χ1) is 10.3. The molecule has 0 amide bonds. The molecule has 0 unspecified atom stereocenters. The number of halogens is 1. The van der Waals surface area contributed by atoms with Crippen LogP contribution in [0.5, 0.6) is 0 Å². The summed E-state index contributed by atoms with van der Waals surface area (Å²) in [4.78, 5) is 10.0. The van der Waals surface area contributed by atoms with Crippen LogP contribution in [0, 0.1) is 35.7 Å². The van der Waals surface area contributed by atoms with Gasteiger partial charge in [0, 0.05) is 17.3 Å². The third kappa shape index (κ3) is 3.32. The van der Waals surface area contributed by atoms with E-state index in [1.807, 2.05) is 13.8 Å². The molecule has 0 aliphatic heterocycles. The monoisotopic (exact) mass is 305 g/mol. The molecule has 22 heavy (non-hydrogen) atoms. The van der Waals surface area contributed by atoms with E-state index in [-0.39, 0.29) is 12.2 Å². The fourth-order valence-corrected chi connectivity index (χ4v) is 2.53. The Hall–Kier alpha value is -2.24. The fraction of sp³-hybridized carbons (Fsp3) is 0.438. The number of aromatic nitrogens is 2. The zero-order chi connectivity index (χ0) is 16.4. The molecule has 1 heterocycles. The number of nitro benzene ring substituents is 1. The molecule has 6 heteroatoms. The van der Waals surface area contributed by atoms with E-state index in [1.165, 1.54) is 17.7 Å². The van der Waals surface area contributed by atoms with Gasteiger partial charge in [0.25, 0.3) is 5.69 Å². The van der Waals surface area contributed by atoms with Gasteiger partial charge in [-0.25, -0.2) is 4.39 Å². The van der Waals surface area contributed by atoms with Gasteiger partial charge >= 0.3 is 0 Å². The van der Waals surface area contributed by atoms with Crippen LogP contribution >= 0.6 is 0 Å². The number of benzene rings is 1. The maximum atomic E-state index is 14.0. The van der Waals surface area contributed by atoms with Gasteiger partial charge in [-0.1, -0.05) is 13.8 Å². The Bertz CT molecular complexity index is 708. The summed E-state index contributed by atoms with van der Waals surface area (Å²) in [6.45, 7) is 8.49. The molecule has 5 nitrogen and oxygen atoms in total. The van der Waals surface area contributed by atoms with Crippen molar-refractivity contribution in [2.45, 2.75) is 40.7 Å². The maximum Gasteiger partial charge on any atom is 0.272 e. The molecule has 2 aromatic rings. The summed E-state index contributed by atoms with van der Waals surface area (Å²) < 4.78 is 15.8. The topological polar surface area (TPSA) is 61.0 Å². The van der Waals surface area contributed by atoms with Crippen molar-refractivity contribution >= 4 is 5.69 Å². The van der Waals surface area contributed by atoms with E-state index >= 15 is 0 Å². The average molecular weight is 305 g/mol. The number of nitro groups is 1. The van der Waals surface area contributed by atoms with Gasteiger partial charge in [-0.2, -0.15) is 5.10 Å². The van der Waals surface area contributed by atoms with Gasteiger partial charge in [0.2, 0.25) is 0 Å². The lowest BCUT2D eigenvalue weighted by molar-refractivity contribution is -0.385. The second-order valence-electron chi connectivity index (χ2n) is 5.94. The van der Waals surface area contributed by atoms with E-state index in [0.717, 1.165) is 23.9 Å². The maximum absolute atomic E-state index is 14.0. The third-order valence-corrected chi connectivity index (χ3v) is 3.71. The summed E-state index contributed by atoms with van der Waals surface area (Å²) in [5, 5.41) is 15.1. The van der Waals surface area contributed by atoms with E-state index in [9.17, 15) is 14.5 Å². The van der Waals surface area contributed by atoms with Gasteiger partial charge in [0.1, 0.15) is 5.82 Å². The van der Waals surface area contributed by atoms with Crippen LogP contribution in [0.4, 0.5) is 10.1 Å². The zero-order valence-corrected chi connectivity index (χ0v) is 13.3. The summed E-state index contributed by atoms with van der Waals surface area (Å²) in [5.41, 5.74) is 3.32. The minimum absolute atomic E-state index is 0.241. The van der Waals surface area contributed by atoms with Gasteiger partial charge in [-0.05, 0) is 37.8 Å². The Morgan fingerprint density at radius 1 is 1.36 bits per heavy atom. The lowest BCUT2D eigenvalue weighted by Crippen LogP contribution is -2.07. The third-order valence-electron chi connectivity index (χ3n) is 3.71. The first-order valence-corrected chi connectivity index (χ1v) is 7.25. The molecule has 2 rings (SSSR count). The number of rotatable bonds is 5.